The highest BCUT2D eigenvalue weighted by Crippen LogP contribution is 2.33. The number of benzene rings is 1. The van der Waals surface area contributed by atoms with Crippen LogP contribution in [-0.2, 0) is 0 Å². The van der Waals surface area contributed by atoms with Crippen LogP contribution in [0.15, 0.2) is 22.5 Å². The highest BCUT2D eigenvalue weighted by atomic mass is 32.2. The van der Waals surface area contributed by atoms with Crippen molar-refractivity contribution in [3.63, 3.8) is 0 Å². The van der Waals surface area contributed by atoms with Gasteiger partial charge < -0.3 is 14.8 Å². The molecule has 0 aliphatic heterocycles. The van der Waals surface area contributed by atoms with Crippen LogP contribution in [0.25, 0.3) is 0 Å². The van der Waals surface area contributed by atoms with Crippen molar-refractivity contribution in [2.75, 3.05) is 27.0 Å². The van der Waals surface area contributed by atoms with Gasteiger partial charge in [0.2, 0.25) is 0 Å². The Morgan fingerprint density at radius 3 is 2.71 bits per heavy atom. The summed E-state index contributed by atoms with van der Waals surface area (Å²) in [7, 11) is 5.29. The minimum Gasteiger partial charge on any atom is -0.497 e. The standard InChI is InChI=1S/C14H19N3O2S2/c1-9-16-14(21-17-9)20-8-12(15-2)11-7-10(18-3)5-6-13(11)19-4/h5-7,12,15H,8H2,1-4H3. The smallest absolute Gasteiger partial charge is 0.170 e. The topological polar surface area (TPSA) is 56.3 Å². The first kappa shape index (κ1) is 16.1. The van der Waals surface area contributed by atoms with Gasteiger partial charge in [-0.3, -0.25) is 0 Å². The Labute approximate surface area is 133 Å². The van der Waals surface area contributed by atoms with Crippen LogP contribution in [0.5, 0.6) is 11.5 Å². The average Bonchev–Trinajstić information content (AvgIpc) is 2.93. The number of nitrogens with zero attached hydrogens (tertiary/aromatic N) is 2. The summed E-state index contributed by atoms with van der Waals surface area (Å²) in [4.78, 5) is 4.37. The van der Waals surface area contributed by atoms with E-state index in [9.17, 15) is 0 Å². The Kier molecular flexibility index (Phi) is 5.84. The molecular formula is C14H19N3O2S2. The molecule has 1 N–H and O–H groups in total. The summed E-state index contributed by atoms with van der Waals surface area (Å²) in [6.07, 6.45) is 0. The van der Waals surface area contributed by atoms with E-state index >= 15 is 0 Å². The fourth-order valence-corrected chi connectivity index (χ4v) is 3.73. The number of hydrogen-bond acceptors (Lipinski definition) is 7. The van der Waals surface area contributed by atoms with Gasteiger partial charge in [-0.2, -0.15) is 4.37 Å². The second kappa shape index (κ2) is 7.63. The normalized spacial score (nSPS) is 12.2. The zero-order chi connectivity index (χ0) is 15.2. The molecule has 2 rings (SSSR count). The third-order valence-electron chi connectivity index (χ3n) is 3.04. The predicted octanol–water partition coefficient (Wildman–Crippen LogP) is 2.92. The van der Waals surface area contributed by atoms with Crippen molar-refractivity contribution in [3.8, 4) is 11.5 Å². The van der Waals surface area contributed by atoms with E-state index in [0.29, 0.717) is 0 Å². The third kappa shape index (κ3) is 4.09. The summed E-state index contributed by atoms with van der Waals surface area (Å²) < 4.78 is 15.9. The number of rotatable bonds is 7. The van der Waals surface area contributed by atoms with Crippen LogP contribution < -0.4 is 14.8 Å². The van der Waals surface area contributed by atoms with Crippen LogP contribution >= 0.6 is 23.3 Å². The molecule has 5 nitrogen and oxygen atoms in total. The van der Waals surface area contributed by atoms with E-state index in [1.807, 2.05) is 32.2 Å². The van der Waals surface area contributed by atoms with Crippen LogP contribution in [0, 0.1) is 6.92 Å². The van der Waals surface area contributed by atoms with Crippen molar-refractivity contribution >= 4 is 23.3 Å². The molecule has 0 aliphatic carbocycles. The quantitative estimate of drug-likeness (QED) is 0.790. The van der Waals surface area contributed by atoms with Gasteiger partial charge in [0.25, 0.3) is 0 Å². The van der Waals surface area contributed by atoms with Crippen molar-refractivity contribution in [2.45, 2.75) is 17.3 Å². The van der Waals surface area contributed by atoms with Gasteiger partial charge in [-0.15, -0.1) is 0 Å². The average molecular weight is 325 g/mol. The summed E-state index contributed by atoms with van der Waals surface area (Å²) >= 11 is 3.12. The Hall–Kier alpha value is -1.31. The molecule has 1 aromatic heterocycles. The lowest BCUT2D eigenvalue weighted by Gasteiger charge is -2.19. The van der Waals surface area contributed by atoms with Crippen molar-refractivity contribution in [3.05, 3.63) is 29.6 Å². The molecule has 0 fully saturated rings. The van der Waals surface area contributed by atoms with E-state index in [0.717, 1.165) is 33.0 Å². The molecule has 1 aromatic carbocycles. The minimum absolute atomic E-state index is 0.143. The fourth-order valence-electron chi connectivity index (χ4n) is 1.93. The molecule has 0 bridgehead atoms. The van der Waals surface area contributed by atoms with Gasteiger partial charge in [0.05, 0.1) is 14.2 Å². The SMILES string of the molecule is CNC(CSc1nc(C)ns1)c1cc(OC)ccc1OC. The second-order valence-electron chi connectivity index (χ2n) is 4.37. The van der Waals surface area contributed by atoms with E-state index in [1.165, 1.54) is 11.5 Å². The van der Waals surface area contributed by atoms with Gasteiger partial charge in [0.15, 0.2) is 4.34 Å². The summed E-state index contributed by atoms with van der Waals surface area (Å²) in [5, 5.41) is 3.32. The van der Waals surface area contributed by atoms with Crippen molar-refractivity contribution in [2.24, 2.45) is 0 Å². The van der Waals surface area contributed by atoms with Crippen LogP contribution in [-0.4, -0.2) is 36.4 Å². The lowest BCUT2D eigenvalue weighted by molar-refractivity contribution is 0.394. The summed E-state index contributed by atoms with van der Waals surface area (Å²) in [6.45, 7) is 1.90. The number of methoxy groups -OCH3 is 2. The first-order valence-corrected chi connectivity index (χ1v) is 8.26. The zero-order valence-electron chi connectivity index (χ0n) is 12.5. The first-order chi connectivity index (χ1) is 10.2. The summed E-state index contributed by atoms with van der Waals surface area (Å²) in [6, 6.07) is 5.98. The van der Waals surface area contributed by atoms with Gasteiger partial charge in [-0.1, -0.05) is 11.8 Å². The highest BCUT2D eigenvalue weighted by Gasteiger charge is 2.17. The number of thioether (sulfide) groups is 1. The summed E-state index contributed by atoms with van der Waals surface area (Å²) in [5.74, 6) is 3.34. The number of aryl methyl sites for hydroxylation is 1. The molecule has 114 valence electrons. The minimum atomic E-state index is 0.143. The lowest BCUT2D eigenvalue weighted by Crippen LogP contribution is -2.19. The van der Waals surface area contributed by atoms with E-state index in [2.05, 4.69) is 14.7 Å². The Bertz CT molecular complexity index is 589. The van der Waals surface area contributed by atoms with Crippen molar-refractivity contribution in [1.82, 2.24) is 14.7 Å². The molecule has 0 saturated heterocycles. The summed E-state index contributed by atoms with van der Waals surface area (Å²) in [5.41, 5.74) is 1.08. The van der Waals surface area contributed by atoms with E-state index in [1.54, 1.807) is 26.0 Å². The molecule has 0 saturated carbocycles. The van der Waals surface area contributed by atoms with Crippen LogP contribution in [0.3, 0.4) is 0 Å². The van der Waals surface area contributed by atoms with Crippen molar-refractivity contribution in [1.29, 1.82) is 0 Å². The predicted molar refractivity (Wildman–Crippen MR) is 86.7 cm³/mol. The van der Waals surface area contributed by atoms with Gasteiger partial charge in [0, 0.05) is 17.4 Å². The van der Waals surface area contributed by atoms with E-state index < -0.39 is 0 Å². The maximum absolute atomic E-state index is 5.45. The number of nitrogens with one attached hydrogen (secondary N) is 1. The molecule has 0 aliphatic rings. The van der Waals surface area contributed by atoms with Crippen molar-refractivity contribution < 1.29 is 9.47 Å². The Morgan fingerprint density at radius 1 is 1.33 bits per heavy atom. The number of aromatic nitrogens is 2. The molecule has 1 unspecified atom stereocenters. The largest absolute Gasteiger partial charge is 0.497 e. The maximum atomic E-state index is 5.45. The monoisotopic (exact) mass is 325 g/mol. The first-order valence-electron chi connectivity index (χ1n) is 6.50. The fraction of sp³-hybridized carbons (Fsp3) is 0.429. The molecule has 0 radical (unpaired) electrons. The molecule has 1 heterocycles. The van der Waals surface area contributed by atoms with Crippen LogP contribution in [0.4, 0.5) is 0 Å². The van der Waals surface area contributed by atoms with Crippen LogP contribution in [0.2, 0.25) is 0 Å². The molecule has 21 heavy (non-hydrogen) atoms. The number of hydrogen-bond donors (Lipinski definition) is 1. The zero-order valence-corrected chi connectivity index (χ0v) is 14.2. The van der Waals surface area contributed by atoms with Crippen LogP contribution in [0.1, 0.15) is 17.4 Å². The van der Waals surface area contributed by atoms with Gasteiger partial charge >= 0.3 is 0 Å². The molecule has 0 amide bonds. The third-order valence-corrected chi connectivity index (χ3v) is 5.06. The van der Waals surface area contributed by atoms with Gasteiger partial charge in [0.1, 0.15) is 17.3 Å². The molecule has 1 atom stereocenters. The molecule has 0 spiro atoms. The molecular weight excluding hydrogens is 306 g/mol. The van der Waals surface area contributed by atoms with Gasteiger partial charge in [-0.05, 0) is 43.7 Å². The van der Waals surface area contributed by atoms with E-state index in [4.69, 9.17) is 9.47 Å². The molecule has 2 aromatic rings. The Balaban J connectivity index is 2.15. The van der Waals surface area contributed by atoms with E-state index in [-0.39, 0.29) is 6.04 Å². The van der Waals surface area contributed by atoms with Gasteiger partial charge in [-0.25, -0.2) is 4.98 Å². The second-order valence-corrected chi connectivity index (χ2v) is 6.39. The Morgan fingerprint density at radius 2 is 2.14 bits per heavy atom. The molecule has 7 heteroatoms. The highest BCUT2D eigenvalue weighted by molar-refractivity contribution is 8.00. The number of ether oxygens (including phenoxy) is 2. The lowest BCUT2D eigenvalue weighted by atomic mass is 10.1. The maximum Gasteiger partial charge on any atom is 0.170 e.